The summed E-state index contributed by atoms with van der Waals surface area (Å²) in [6.45, 7) is 7.06. The van der Waals surface area contributed by atoms with Crippen molar-refractivity contribution in [3.8, 4) is 0 Å². The van der Waals surface area contributed by atoms with Crippen molar-refractivity contribution in [1.82, 2.24) is 20.4 Å². The second-order valence-corrected chi connectivity index (χ2v) is 9.21. The van der Waals surface area contributed by atoms with Gasteiger partial charge in [-0.2, -0.15) is 0 Å². The number of aliphatic imine (C=N–C) groups is 1. The lowest BCUT2D eigenvalue weighted by molar-refractivity contribution is 0.242. The molecular weight excluding hydrogens is 485 g/mol. The normalized spacial score (nSPS) is 26.1. The highest BCUT2D eigenvalue weighted by Crippen LogP contribution is 2.26. The van der Waals surface area contributed by atoms with Crippen molar-refractivity contribution >= 4 is 29.9 Å². The maximum absolute atomic E-state index is 4.49. The molecule has 1 aromatic carbocycles. The van der Waals surface area contributed by atoms with Crippen LogP contribution < -0.4 is 10.6 Å². The summed E-state index contributed by atoms with van der Waals surface area (Å²) < 4.78 is 0. The lowest BCUT2D eigenvalue weighted by atomic mass is 10.1. The van der Waals surface area contributed by atoms with Crippen LogP contribution in [0.2, 0.25) is 0 Å². The molecule has 2 saturated heterocycles. The third kappa shape index (κ3) is 6.82. The topological polar surface area (TPSA) is 42.9 Å². The first-order valence-corrected chi connectivity index (χ1v) is 11.8. The van der Waals surface area contributed by atoms with Gasteiger partial charge in [0.1, 0.15) is 0 Å². The van der Waals surface area contributed by atoms with E-state index in [0.717, 1.165) is 30.9 Å². The van der Waals surface area contributed by atoms with E-state index in [0.29, 0.717) is 6.04 Å². The molecule has 2 unspecified atom stereocenters. The fourth-order valence-electron chi connectivity index (χ4n) is 5.35. The fraction of sp³-hybridized carbons (Fsp3) is 0.708. The molecule has 1 saturated carbocycles. The predicted octanol–water partition coefficient (Wildman–Crippen LogP) is 3.35. The Hall–Kier alpha value is -0.860. The molecule has 0 radical (unpaired) electrons. The van der Waals surface area contributed by atoms with Crippen LogP contribution in [0.25, 0.3) is 0 Å². The quantitative estimate of drug-likeness (QED) is 0.326. The third-order valence-corrected chi connectivity index (χ3v) is 7.11. The monoisotopic (exact) mass is 525 g/mol. The lowest BCUT2D eigenvalue weighted by Crippen LogP contribution is -2.46. The molecular formula is C24H40IN5. The van der Waals surface area contributed by atoms with Crippen molar-refractivity contribution in [3.05, 3.63) is 35.9 Å². The summed E-state index contributed by atoms with van der Waals surface area (Å²) in [5, 5.41) is 7.30. The number of rotatable bonds is 7. The number of likely N-dealkylation sites (tertiary alicyclic amines) is 2. The van der Waals surface area contributed by atoms with E-state index >= 15 is 0 Å². The Balaban J connectivity index is 0.00000256. The van der Waals surface area contributed by atoms with Crippen LogP contribution in [0.3, 0.4) is 0 Å². The minimum absolute atomic E-state index is 0. The highest BCUT2D eigenvalue weighted by molar-refractivity contribution is 14.0. The van der Waals surface area contributed by atoms with Crippen LogP contribution in [0.4, 0.5) is 0 Å². The smallest absolute Gasteiger partial charge is 0.191 e. The molecule has 1 aliphatic carbocycles. The Morgan fingerprint density at radius 2 is 1.83 bits per heavy atom. The lowest BCUT2D eigenvalue weighted by Gasteiger charge is -2.24. The fourth-order valence-corrected chi connectivity index (χ4v) is 5.35. The molecule has 2 N–H and O–H groups in total. The average molecular weight is 526 g/mol. The number of hydrogen-bond acceptors (Lipinski definition) is 3. The maximum Gasteiger partial charge on any atom is 0.191 e. The molecule has 6 heteroatoms. The summed E-state index contributed by atoms with van der Waals surface area (Å²) in [6, 6.07) is 12.2. The Morgan fingerprint density at radius 3 is 2.60 bits per heavy atom. The molecule has 0 spiro atoms. The standard InChI is InChI=1S/C24H39N5.HI/c1-25-24(27-22-13-16-29(19-22)23-9-5-6-10-23)26-17-21-12-15-28(18-21)14-11-20-7-3-2-4-8-20;/h2-4,7-8,21-23H,5-6,9-19H2,1H3,(H2,25,26,27);1H. The van der Waals surface area contributed by atoms with Crippen LogP contribution in [0, 0.1) is 5.92 Å². The molecule has 3 fully saturated rings. The van der Waals surface area contributed by atoms with Crippen molar-refractivity contribution in [2.45, 2.75) is 57.0 Å². The molecule has 3 aliphatic rings. The molecule has 0 bridgehead atoms. The van der Waals surface area contributed by atoms with Crippen molar-refractivity contribution in [2.75, 3.05) is 46.3 Å². The van der Waals surface area contributed by atoms with E-state index in [1.807, 2.05) is 7.05 Å². The van der Waals surface area contributed by atoms with Crippen molar-refractivity contribution < 1.29 is 0 Å². The third-order valence-electron chi connectivity index (χ3n) is 7.11. The average Bonchev–Trinajstić information content (AvgIpc) is 3.52. The van der Waals surface area contributed by atoms with E-state index in [1.165, 1.54) is 76.8 Å². The number of nitrogens with zero attached hydrogens (tertiary/aromatic N) is 3. The summed E-state index contributed by atoms with van der Waals surface area (Å²) in [5.74, 6) is 1.72. The predicted molar refractivity (Wildman–Crippen MR) is 137 cm³/mol. The molecule has 5 nitrogen and oxygen atoms in total. The molecule has 2 atom stereocenters. The molecule has 30 heavy (non-hydrogen) atoms. The highest BCUT2D eigenvalue weighted by atomic mass is 127. The first-order valence-electron chi connectivity index (χ1n) is 11.8. The molecule has 2 aliphatic heterocycles. The van der Waals surface area contributed by atoms with E-state index in [9.17, 15) is 0 Å². The van der Waals surface area contributed by atoms with Crippen LogP contribution in [0.1, 0.15) is 44.1 Å². The van der Waals surface area contributed by atoms with Gasteiger partial charge >= 0.3 is 0 Å². The van der Waals surface area contributed by atoms with E-state index in [-0.39, 0.29) is 24.0 Å². The van der Waals surface area contributed by atoms with Gasteiger partial charge in [0.05, 0.1) is 0 Å². The van der Waals surface area contributed by atoms with Crippen LogP contribution in [0.15, 0.2) is 35.3 Å². The zero-order valence-electron chi connectivity index (χ0n) is 18.6. The van der Waals surface area contributed by atoms with Gasteiger partial charge in [-0.3, -0.25) is 9.89 Å². The second kappa shape index (κ2) is 12.2. The van der Waals surface area contributed by atoms with Gasteiger partial charge in [-0.15, -0.1) is 24.0 Å². The van der Waals surface area contributed by atoms with Gasteiger partial charge in [-0.05, 0) is 50.1 Å². The SMILES string of the molecule is CN=C(NCC1CCN(CCc2ccccc2)C1)NC1CCN(C2CCCC2)C1.I. The zero-order chi connectivity index (χ0) is 19.9. The summed E-state index contributed by atoms with van der Waals surface area (Å²) in [7, 11) is 1.90. The van der Waals surface area contributed by atoms with Gasteiger partial charge in [0.25, 0.3) is 0 Å². The van der Waals surface area contributed by atoms with Crippen molar-refractivity contribution in [1.29, 1.82) is 0 Å². The first kappa shape index (κ1) is 23.8. The molecule has 2 heterocycles. The maximum atomic E-state index is 4.49. The van der Waals surface area contributed by atoms with E-state index in [1.54, 1.807) is 0 Å². The largest absolute Gasteiger partial charge is 0.356 e. The second-order valence-electron chi connectivity index (χ2n) is 9.21. The Labute approximate surface area is 200 Å². The summed E-state index contributed by atoms with van der Waals surface area (Å²) in [5.41, 5.74) is 1.45. The molecule has 0 amide bonds. The van der Waals surface area contributed by atoms with Gasteiger partial charge in [-0.25, -0.2) is 0 Å². The van der Waals surface area contributed by atoms with E-state index in [4.69, 9.17) is 0 Å². The van der Waals surface area contributed by atoms with Gasteiger partial charge in [-0.1, -0.05) is 43.2 Å². The minimum Gasteiger partial charge on any atom is -0.356 e. The van der Waals surface area contributed by atoms with Gasteiger partial charge in [0, 0.05) is 51.9 Å². The van der Waals surface area contributed by atoms with Crippen molar-refractivity contribution in [3.63, 3.8) is 0 Å². The zero-order valence-corrected chi connectivity index (χ0v) is 20.9. The van der Waals surface area contributed by atoms with Crippen molar-refractivity contribution in [2.24, 2.45) is 10.9 Å². The van der Waals surface area contributed by atoms with Crippen LogP contribution >= 0.6 is 24.0 Å². The number of benzene rings is 1. The van der Waals surface area contributed by atoms with Crippen LogP contribution in [0.5, 0.6) is 0 Å². The number of halogens is 1. The van der Waals surface area contributed by atoms with Gasteiger partial charge in [0.2, 0.25) is 0 Å². The van der Waals surface area contributed by atoms with E-state index < -0.39 is 0 Å². The first-order chi connectivity index (χ1) is 14.3. The number of nitrogens with one attached hydrogen (secondary N) is 2. The van der Waals surface area contributed by atoms with Crippen LogP contribution in [-0.2, 0) is 6.42 Å². The van der Waals surface area contributed by atoms with Crippen LogP contribution in [-0.4, -0.2) is 74.2 Å². The summed E-state index contributed by atoms with van der Waals surface area (Å²) in [6.07, 6.45) is 9.34. The molecule has 1 aromatic rings. The summed E-state index contributed by atoms with van der Waals surface area (Å²) in [4.78, 5) is 9.82. The molecule has 0 aromatic heterocycles. The summed E-state index contributed by atoms with van der Waals surface area (Å²) >= 11 is 0. The van der Waals surface area contributed by atoms with E-state index in [2.05, 4.69) is 55.8 Å². The van der Waals surface area contributed by atoms with Gasteiger partial charge < -0.3 is 15.5 Å². The Kier molecular flexibility index (Phi) is 9.71. The molecule has 168 valence electrons. The Bertz CT molecular complexity index is 646. The highest BCUT2D eigenvalue weighted by Gasteiger charge is 2.30. The Morgan fingerprint density at radius 1 is 1.03 bits per heavy atom. The van der Waals surface area contributed by atoms with Gasteiger partial charge in [0.15, 0.2) is 5.96 Å². The molecule has 4 rings (SSSR count). The number of guanidine groups is 1. The number of hydrogen-bond donors (Lipinski definition) is 2. The minimum atomic E-state index is 0.